The molecule has 0 radical (unpaired) electrons. The van der Waals surface area contributed by atoms with Crippen LogP contribution in [0.2, 0.25) is 0 Å². The van der Waals surface area contributed by atoms with Gasteiger partial charge in [0.15, 0.2) is 6.10 Å². The van der Waals surface area contributed by atoms with Crippen LogP contribution in [-0.2, 0) is 28.6 Å². The molecular formula is C76H122O6. The van der Waals surface area contributed by atoms with Crippen molar-refractivity contribution in [1.82, 2.24) is 0 Å². The molecule has 0 fully saturated rings. The second-order valence-electron chi connectivity index (χ2n) is 21.6. The molecule has 0 aromatic carbocycles. The zero-order valence-electron chi connectivity index (χ0n) is 52.9. The highest BCUT2D eigenvalue weighted by molar-refractivity contribution is 5.71. The van der Waals surface area contributed by atoms with Crippen LogP contribution in [0.15, 0.2) is 158 Å². The SMILES string of the molecule is CC/C=C\C/C=C\C/C=C\C/C=C\C/C=C\C/C=C\CCCCCCC(=O)OC(COC(=O)CCCCCCC/C=C\C/C=C\CCCCCC)COC(=O)CCCCCCCCCCC/C=C\C/C=C\C/C=C\C/C=C\C/C=C\CC. The van der Waals surface area contributed by atoms with Crippen molar-refractivity contribution in [2.75, 3.05) is 13.2 Å². The summed E-state index contributed by atoms with van der Waals surface area (Å²) in [5.74, 6) is -0.947. The van der Waals surface area contributed by atoms with Gasteiger partial charge >= 0.3 is 17.9 Å². The van der Waals surface area contributed by atoms with Gasteiger partial charge in [-0.3, -0.25) is 14.4 Å². The highest BCUT2D eigenvalue weighted by Crippen LogP contribution is 2.15. The molecule has 1 atom stereocenters. The molecule has 0 saturated heterocycles. The third-order valence-corrected chi connectivity index (χ3v) is 13.7. The lowest BCUT2D eigenvalue weighted by Crippen LogP contribution is -2.30. The van der Waals surface area contributed by atoms with E-state index in [1.54, 1.807) is 0 Å². The van der Waals surface area contributed by atoms with Crippen LogP contribution in [0.1, 0.15) is 284 Å². The number of rotatable bonds is 59. The van der Waals surface area contributed by atoms with E-state index in [1.165, 1.54) is 70.6 Å². The summed E-state index contributed by atoms with van der Waals surface area (Å²) in [4.78, 5) is 38.4. The van der Waals surface area contributed by atoms with Gasteiger partial charge < -0.3 is 14.2 Å². The Bertz CT molecular complexity index is 1830. The molecule has 0 saturated carbocycles. The summed E-state index contributed by atoms with van der Waals surface area (Å²) in [6, 6.07) is 0. The zero-order valence-corrected chi connectivity index (χ0v) is 52.9. The predicted octanol–water partition coefficient (Wildman–Crippen LogP) is 23.3. The van der Waals surface area contributed by atoms with E-state index in [4.69, 9.17) is 14.2 Å². The molecule has 0 rings (SSSR count). The quantitative estimate of drug-likeness (QED) is 0.0261. The number of carbonyl (C=O) groups excluding carboxylic acids is 3. The third kappa shape index (κ3) is 65.8. The van der Waals surface area contributed by atoms with Gasteiger partial charge in [0.2, 0.25) is 0 Å². The second-order valence-corrected chi connectivity index (χ2v) is 21.6. The van der Waals surface area contributed by atoms with Crippen molar-refractivity contribution in [3.05, 3.63) is 158 Å². The van der Waals surface area contributed by atoms with E-state index in [9.17, 15) is 14.4 Å². The number of hydrogen-bond donors (Lipinski definition) is 0. The topological polar surface area (TPSA) is 78.9 Å². The Morgan fingerprint density at radius 1 is 0.256 bits per heavy atom. The minimum Gasteiger partial charge on any atom is -0.462 e. The largest absolute Gasteiger partial charge is 0.462 e. The Morgan fingerprint density at radius 2 is 0.476 bits per heavy atom. The molecule has 0 aromatic heterocycles. The van der Waals surface area contributed by atoms with Crippen LogP contribution in [0.25, 0.3) is 0 Å². The molecule has 0 heterocycles. The molecule has 0 amide bonds. The van der Waals surface area contributed by atoms with Gasteiger partial charge in [-0.1, -0.05) is 275 Å². The minimum atomic E-state index is -0.810. The summed E-state index contributed by atoms with van der Waals surface area (Å²) >= 11 is 0. The van der Waals surface area contributed by atoms with E-state index in [0.717, 1.165) is 173 Å². The van der Waals surface area contributed by atoms with Crippen molar-refractivity contribution in [3.63, 3.8) is 0 Å². The van der Waals surface area contributed by atoms with Crippen molar-refractivity contribution in [3.8, 4) is 0 Å². The second kappa shape index (κ2) is 68.5. The highest BCUT2D eigenvalue weighted by Gasteiger charge is 2.19. The number of unbranched alkanes of at least 4 members (excludes halogenated alkanes) is 22. The fourth-order valence-electron chi connectivity index (χ4n) is 8.80. The fourth-order valence-corrected chi connectivity index (χ4v) is 8.80. The molecule has 1 unspecified atom stereocenters. The first-order chi connectivity index (χ1) is 40.5. The maximum Gasteiger partial charge on any atom is 0.306 e. The summed E-state index contributed by atoms with van der Waals surface area (Å²) in [5.41, 5.74) is 0. The van der Waals surface area contributed by atoms with Gasteiger partial charge in [-0.25, -0.2) is 0 Å². The van der Waals surface area contributed by atoms with Crippen LogP contribution in [0.4, 0.5) is 0 Å². The molecule has 0 N–H and O–H groups in total. The van der Waals surface area contributed by atoms with E-state index in [-0.39, 0.29) is 37.5 Å². The van der Waals surface area contributed by atoms with Gasteiger partial charge in [0.1, 0.15) is 13.2 Å². The number of ether oxygens (including phenoxy) is 3. The van der Waals surface area contributed by atoms with E-state index >= 15 is 0 Å². The van der Waals surface area contributed by atoms with Crippen LogP contribution in [-0.4, -0.2) is 37.2 Å². The summed E-state index contributed by atoms with van der Waals surface area (Å²) in [5, 5.41) is 0. The van der Waals surface area contributed by atoms with Gasteiger partial charge in [-0.2, -0.15) is 0 Å². The van der Waals surface area contributed by atoms with E-state index in [1.807, 2.05) is 0 Å². The lowest BCUT2D eigenvalue weighted by molar-refractivity contribution is -0.167. The average Bonchev–Trinajstić information content (AvgIpc) is 3.47. The Morgan fingerprint density at radius 3 is 0.744 bits per heavy atom. The van der Waals surface area contributed by atoms with Crippen molar-refractivity contribution < 1.29 is 28.6 Å². The van der Waals surface area contributed by atoms with Gasteiger partial charge in [0, 0.05) is 19.3 Å². The van der Waals surface area contributed by atoms with Crippen LogP contribution in [0.5, 0.6) is 0 Å². The summed E-state index contributed by atoms with van der Waals surface area (Å²) < 4.78 is 16.9. The lowest BCUT2D eigenvalue weighted by atomic mass is 10.1. The standard InChI is InChI=1S/C76H122O6/c1-4-7-10-13-16-19-22-25-28-31-33-35-37-38-40-41-43-45-48-51-54-57-60-63-66-69-75(78)81-72-73(71-80-74(77)68-65-62-59-56-53-50-47-30-27-24-21-18-15-12-9-6-3)82-76(79)70-67-64-61-58-55-52-49-46-44-42-39-36-34-32-29-26-23-20-17-14-11-8-5-2/h7-8,10-11,16-17,19-21,24-26,28-30,33-36,38,40,42,44,47,49,52,73H,4-6,9,12-15,18,22-23,27,31-32,37,39,41,43,45-46,48,50-51,53-72H2,1-3H3/b10-7-,11-8-,19-16-,20-17-,24-21-,28-25-,29-26-,35-33-,36-34-,40-38-,44-42-,47-30-,52-49-. The van der Waals surface area contributed by atoms with E-state index in [0.29, 0.717) is 12.8 Å². The molecule has 0 aliphatic carbocycles. The van der Waals surface area contributed by atoms with Crippen molar-refractivity contribution in [2.24, 2.45) is 0 Å². The maximum atomic E-state index is 12.9. The molecule has 0 aromatic rings. The zero-order chi connectivity index (χ0) is 59.2. The first-order valence-electron chi connectivity index (χ1n) is 33.5. The normalized spacial score (nSPS) is 13.2. The fraction of sp³-hybridized carbons (Fsp3) is 0.618. The highest BCUT2D eigenvalue weighted by atomic mass is 16.6. The van der Waals surface area contributed by atoms with Gasteiger partial charge in [-0.15, -0.1) is 0 Å². The van der Waals surface area contributed by atoms with Crippen molar-refractivity contribution in [1.29, 1.82) is 0 Å². The predicted molar refractivity (Wildman–Crippen MR) is 357 cm³/mol. The first-order valence-corrected chi connectivity index (χ1v) is 33.5. The molecule has 0 spiro atoms. The van der Waals surface area contributed by atoms with E-state index in [2.05, 4.69) is 179 Å². The molecule has 0 aliphatic heterocycles. The third-order valence-electron chi connectivity index (χ3n) is 13.7. The Hall–Kier alpha value is -4.97. The van der Waals surface area contributed by atoms with Gasteiger partial charge in [-0.05, 0) is 148 Å². The number of allylic oxidation sites excluding steroid dienone is 26. The number of carbonyl (C=O) groups is 3. The average molecular weight is 1130 g/mol. The molecule has 0 aliphatic rings. The number of esters is 3. The van der Waals surface area contributed by atoms with Crippen LogP contribution >= 0.6 is 0 Å². The van der Waals surface area contributed by atoms with Crippen LogP contribution in [0.3, 0.4) is 0 Å². The van der Waals surface area contributed by atoms with E-state index < -0.39 is 6.10 Å². The smallest absolute Gasteiger partial charge is 0.306 e. The molecule has 6 nitrogen and oxygen atoms in total. The van der Waals surface area contributed by atoms with Crippen molar-refractivity contribution >= 4 is 17.9 Å². The summed E-state index contributed by atoms with van der Waals surface area (Å²) in [6.45, 7) is 6.36. The summed E-state index contributed by atoms with van der Waals surface area (Å²) in [7, 11) is 0. The molecule has 6 heteroatoms. The molecule has 462 valence electrons. The molecule has 0 bridgehead atoms. The summed E-state index contributed by atoms with van der Waals surface area (Å²) in [6.07, 6.45) is 99.6. The monoisotopic (exact) mass is 1130 g/mol. The first kappa shape index (κ1) is 77.0. The van der Waals surface area contributed by atoms with Crippen LogP contribution in [0, 0.1) is 0 Å². The lowest BCUT2D eigenvalue weighted by Gasteiger charge is -2.18. The van der Waals surface area contributed by atoms with Gasteiger partial charge in [0.25, 0.3) is 0 Å². The molecule has 82 heavy (non-hydrogen) atoms. The Balaban J connectivity index is 4.48. The Labute approximate surface area is 505 Å². The molecular weight excluding hydrogens is 1010 g/mol. The minimum absolute atomic E-state index is 0.103. The van der Waals surface area contributed by atoms with Crippen LogP contribution < -0.4 is 0 Å². The van der Waals surface area contributed by atoms with Crippen molar-refractivity contribution in [2.45, 2.75) is 290 Å². The number of hydrogen-bond acceptors (Lipinski definition) is 6. The van der Waals surface area contributed by atoms with Gasteiger partial charge in [0.05, 0.1) is 0 Å². The Kier molecular flexibility index (Phi) is 64.4. The maximum absolute atomic E-state index is 12.9.